The molecule has 2 fully saturated rings. The summed E-state index contributed by atoms with van der Waals surface area (Å²) in [6.07, 6.45) is 5.61. The molecule has 4 rings (SSSR count). The van der Waals surface area contributed by atoms with Crippen LogP contribution in [0.15, 0.2) is 34.9 Å². The van der Waals surface area contributed by atoms with Gasteiger partial charge in [-0.25, -0.2) is 0 Å². The number of aliphatic hydroxyl groups excluding tert-OH is 1. The molecule has 0 radical (unpaired) electrons. The minimum atomic E-state index is -0.150. The van der Waals surface area contributed by atoms with Gasteiger partial charge in [0.25, 0.3) is 0 Å². The van der Waals surface area contributed by atoms with Crippen molar-refractivity contribution >= 4 is 0 Å². The standard InChI is InChI=1S/C17H20N2O2/c20-14-8-6-12(7-9-14)15-18-16(19-21-15)17(10-11-17)13-4-2-1-3-5-13/h1-5,12,14,20H,6-11H2. The number of aliphatic hydroxyl groups is 1. The number of benzene rings is 1. The van der Waals surface area contributed by atoms with E-state index in [1.165, 1.54) is 5.56 Å². The van der Waals surface area contributed by atoms with Gasteiger partial charge in [-0.05, 0) is 44.1 Å². The van der Waals surface area contributed by atoms with Gasteiger partial charge in [-0.3, -0.25) is 0 Å². The maximum atomic E-state index is 9.60. The van der Waals surface area contributed by atoms with E-state index < -0.39 is 0 Å². The van der Waals surface area contributed by atoms with E-state index in [2.05, 4.69) is 29.4 Å². The Kier molecular flexibility index (Phi) is 3.07. The van der Waals surface area contributed by atoms with E-state index in [0.29, 0.717) is 5.92 Å². The molecule has 2 aromatic rings. The molecule has 1 aromatic heterocycles. The van der Waals surface area contributed by atoms with E-state index in [9.17, 15) is 5.11 Å². The molecular formula is C17H20N2O2. The highest BCUT2D eigenvalue weighted by atomic mass is 16.5. The highest BCUT2D eigenvalue weighted by molar-refractivity contribution is 5.38. The Balaban J connectivity index is 1.58. The third kappa shape index (κ3) is 2.27. The number of rotatable bonds is 3. The summed E-state index contributed by atoms with van der Waals surface area (Å²) >= 11 is 0. The lowest BCUT2D eigenvalue weighted by Crippen LogP contribution is -2.17. The van der Waals surface area contributed by atoms with Crippen molar-refractivity contribution in [2.45, 2.75) is 56.0 Å². The molecule has 21 heavy (non-hydrogen) atoms. The van der Waals surface area contributed by atoms with Crippen LogP contribution in [0.4, 0.5) is 0 Å². The number of hydrogen-bond donors (Lipinski definition) is 1. The van der Waals surface area contributed by atoms with Crippen molar-refractivity contribution in [1.82, 2.24) is 10.1 Å². The fourth-order valence-electron chi connectivity index (χ4n) is 3.44. The van der Waals surface area contributed by atoms with Gasteiger partial charge in [-0.15, -0.1) is 0 Å². The zero-order valence-corrected chi connectivity index (χ0v) is 12.0. The molecule has 1 heterocycles. The van der Waals surface area contributed by atoms with Crippen LogP contribution < -0.4 is 0 Å². The first-order chi connectivity index (χ1) is 10.3. The van der Waals surface area contributed by atoms with Crippen LogP contribution in [0.1, 0.15) is 61.7 Å². The van der Waals surface area contributed by atoms with Crippen molar-refractivity contribution in [1.29, 1.82) is 0 Å². The molecule has 2 aliphatic rings. The molecule has 0 atom stereocenters. The van der Waals surface area contributed by atoms with Crippen molar-refractivity contribution in [3.05, 3.63) is 47.6 Å². The van der Waals surface area contributed by atoms with E-state index in [1.807, 2.05) is 6.07 Å². The normalized spacial score (nSPS) is 27.5. The molecule has 0 unspecified atom stereocenters. The molecule has 1 aromatic carbocycles. The predicted octanol–water partition coefficient (Wildman–Crippen LogP) is 3.17. The monoisotopic (exact) mass is 284 g/mol. The predicted molar refractivity (Wildman–Crippen MR) is 78.0 cm³/mol. The molecular weight excluding hydrogens is 264 g/mol. The first-order valence-corrected chi connectivity index (χ1v) is 7.86. The Hall–Kier alpha value is -1.68. The summed E-state index contributed by atoms with van der Waals surface area (Å²) in [7, 11) is 0. The summed E-state index contributed by atoms with van der Waals surface area (Å²) in [6, 6.07) is 10.5. The molecule has 2 saturated carbocycles. The van der Waals surface area contributed by atoms with Gasteiger partial charge in [0.2, 0.25) is 5.89 Å². The lowest BCUT2D eigenvalue weighted by molar-refractivity contribution is 0.116. The van der Waals surface area contributed by atoms with Crippen molar-refractivity contribution in [3.63, 3.8) is 0 Å². The van der Waals surface area contributed by atoms with Crippen LogP contribution in [0, 0.1) is 0 Å². The minimum Gasteiger partial charge on any atom is -0.393 e. The van der Waals surface area contributed by atoms with Gasteiger partial charge < -0.3 is 9.63 Å². The van der Waals surface area contributed by atoms with Crippen LogP contribution in [-0.4, -0.2) is 21.4 Å². The van der Waals surface area contributed by atoms with Crippen LogP contribution in [0.3, 0.4) is 0 Å². The summed E-state index contributed by atoms with van der Waals surface area (Å²) in [6.45, 7) is 0. The zero-order chi connectivity index (χ0) is 14.3. The average Bonchev–Trinajstić information content (AvgIpc) is 3.20. The van der Waals surface area contributed by atoms with Gasteiger partial charge in [0.05, 0.1) is 11.5 Å². The second-order valence-electron chi connectivity index (χ2n) is 6.41. The van der Waals surface area contributed by atoms with Gasteiger partial charge in [-0.1, -0.05) is 35.5 Å². The van der Waals surface area contributed by atoms with Crippen molar-refractivity contribution < 1.29 is 9.63 Å². The summed E-state index contributed by atoms with van der Waals surface area (Å²) in [5, 5.41) is 13.9. The second-order valence-corrected chi connectivity index (χ2v) is 6.41. The average molecular weight is 284 g/mol. The van der Waals surface area contributed by atoms with Crippen LogP contribution in [0.25, 0.3) is 0 Å². The topological polar surface area (TPSA) is 59.2 Å². The molecule has 0 saturated heterocycles. The lowest BCUT2D eigenvalue weighted by atomic mass is 9.87. The van der Waals surface area contributed by atoms with E-state index in [4.69, 9.17) is 9.51 Å². The molecule has 0 aliphatic heterocycles. The Morgan fingerprint density at radius 2 is 1.76 bits per heavy atom. The van der Waals surface area contributed by atoms with E-state index in [0.717, 1.165) is 50.2 Å². The smallest absolute Gasteiger partial charge is 0.229 e. The van der Waals surface area contributed by atoms with E-state index in [-0.39, 0.29) is 11.5 Å². The number of nitrogens with zero attached hydrogens (tertiary/aromatic N) is 2. The van der Waals surface area contributed by atoms with Crippen LogP contribution in [0.5, 0.6) is 0 Å². The second kappa shape index (κ2) is 4.95. The molecule has 4 heteroatoms. The van der Waals surface area contributed by atoms with Crippen LogP contribution in [-0.2, 0) is 5.41 Å². The minimum absolute atomic E-state index is 0.0167. The van der Waals surface area contributed by atoms with E-state index >= 15 is 0 Å². The molecule has 0 spiro atoms. The number of aromatic nitrogens is 2. The molecule has 2 aliphatic carbocycles. The molecule has 0 bridgehead atoms. The summed E-state index contributed by atoms with van der Waals surface area (Å²) < 4.78 is 5.54. The van der Waals surface area contributed by atoms with Crippen LogP contribution >= 0.6 is 0 Å². The molecule has 1 N–H and O–H groups in total. The van der Waals surface area contributed by atoms with Crippen LogP contribution in [0.2, 0.25) is 0 Å². The van der Waals surface area contributed by atoms with Crippen molar-refractivity contribution in [3.8, 4) is 0 Å². The van der Waals surface area contributed by atoms with Crippen molar-refractivity contribution in [2.75, 3.05) is 0 Å². The quantitative estimate of drug-likeness (QED) is 0.940. The summed E-state index contributed by atoms with van der Waals surface area (Å²) in [5.41, 5.74) is 1.27. The van der Waals surface area contributed by atoms with Gasteiger partial charge in [-0.2, -0.15) is 4.98 Å². The van der Waals surface area contributed by atoms with Gasteiger partial charge in [0.15, 0.2) is 5.82 Å². The molecule has 0 amide bonds. The lowest BCUT2D eigenvalue weighted by Gasteiger charge is -2.22. The maximum absolute atomic E-state index is 9.60. The first-order valence-electron chi connectivity index (χ1n) is 7.86. The highest BCUT2D eigenvalue weighted by Crippen LogP contribution is 2.52. The Bertz CT molecular complexity index is 611. The fraction of sp³-hybridized carbons (Fsp3) is 0.529. The maximum Gasteiger partial charge on any atom is 0.229 e. The summed E-state index contributed by atoms with van der Waals surface area (Å²) in [5.74, 6) is 1.93. The summed E-state index contributed by atoms with van der Waals surface area (Å²) in [4.78, 5) is 4.71. The SMILES string of the molecule is OC1CCC(c2nc(C3(c4ccccc4)CC3)no2)CC1. The van der Waals surface area contributed by atoms with Gasteiger partial charge >= 0.3 is 0 Å². The van der Waals surface area contributed by atoms with Crippen molar-refractivity contribution in [2.24, 2.45) is 0 Å². The molecule has 110 valence electrons. The van der Waals surface area contributed by atoms with Gasteiger partial charge in [0, 0.05) is 5.92 Å². The Morgan fingerprint density at radius 3 is 2.43 bits per heavy atom. The number of hydrogen-bond acceptors (Lipinski definition) is 4. The van der Waals surface area contributed by atoms with E-state index in [1.54, 1.807) is 0 Å². The molecule has 4 nitrogen and oxygen atoms in total. The fourth-order valence-corrected chi connectivity index (χ4v) is 3.44. The Morgan fingerprint density at radius 1 is 1.05 bits per heavy atom. The Labute approximate surface area is 124 Å². The third-order valence-corrected chi connectivity index (χ3v) is 4.99. The largest absolute Gasteiger partial charge is 0.393 e. The zero-order valence-electron chi connectivity index (χ0n) is 12.0. The van der Waals surface area contributed by atoms with Gasteiger partial charge in [0.1, 0.15) is 0 Å². The third-order valence-electron chi connectivity index (χ3n) is 4.99. The first kappa shape index (κ1) is 13.0. The highest BCUT2D eigenvalue weighted by Gasteiger charge is 2.50.